The summed E-state index contributed by atoms with van der Waals surface area (Å²) in [6.45, 7) is 8.10. The van der Waals surface area contributed by atoms with Crippen LogP contribution in [0.4, 0.5) is 0 Å². The summed E-state index contributed by atoms with van der Waals surface area (Å²) in [5.74, 6) is -0.307. The van der Waals surface area contributed by atoms with Gasteiger partial charge in [-0.05, 0) is 82.1 Å². The molecule has 0 radical (unpaired) electrons. The Hall–Kier alpha value is -1.74. The predicted octanol–water partition coefficient (Wildman–Crippen LogP) is 4.64. The molecule has 0 fully saturated rings. The third-order valence-electron chi connectivity index (χ3n) is 4.96. The zero-order valence-corrected chi connectivity index (χ0v) is 20.4. The maximum absolute atomic E-state index is 10.5. The minimum atomic E-state index is -3.82. The summed E-state index contributed by atoms with van der Waals surface area (Å²) in [4.78, 5) is 0. The molecule has 0 aliphatic carbocycles. The number of hydrogen-bond donors (Lipinski definition) is 2. The Balaban J connectivity index is 0.000000311. The van der Waals surface area contributed by atoms with Gasteiger partial charge in [0.2, 0.25) is 0 Å². The molecule has 0 unspecified atom stereocenters. The van der Waals surface area contributed by atoms with E-state index in [1.54, 1.807) is 0 Å². The maximum atomic E-state index is 10.5. The van der Waals surface area contributed by atoms with Crippen molar-refractivity contribution in [1.82, 2.24) is 0 Å². The molecule has 0 heterocycles. The van der Waals surface area contributed by atoms with Crippen LogP contribution in [0.1, 0.15) is 52.6 Å². The van der Waals surface area contributed by atoms with Gasteiger partial charge in [-0.25, -0.2) is 0 Å². The quantitative estimate of drug-likeness (QED) is 0.408. The molecule has 0 saturated carbocycles. The lowest BCUT2D eigenvalue weighted by atomic mass is 10.0. The molecule has 6 nitrogen and oxygen atoms in total. The summed E-state index contributed by atoms with van der Waals surface area (Å²) in [6.07, 6.45) is 3.30. The van der Waals surface area contributed by atoms with Gasteiger partial charge in [-0.15, -0.1) is 0 Å². The van der Waals surface area contributed by atoms with E-state index in [1.165, 1.54) is 22.3 Å². The lowest BCUT2D eigenvalue weighted by molar-refractivity contribution is 0.478. The highest BCUT2D eigenvalue weighted by Crippen LogP contribution is 2.14. The van der Waals surface area contributed by atoms with Crippen LogP contribution in [0.15, 0.2) is 36.4 Å². The first-order valence-corrected chi connectivity index (χ1v) is 13.5. The van der Waals surface area contributed by atoms with Crippen LogP contribution in [-0.4, -0.2) is 37.4 Å². The van der Waals surface area contributed by atoms with Gasteiger partial charge in [0.05, 0.1) is 11.5 Å². The highest BCUT2D eigenvalue weighted by atomic mass is 32.2. The number of hydrogen-bond acceptors (Lipinski definition) is 4. The van der Waals surface area contributed by atoms with E-state index in [2.05, 4.69) is 31.2 Å². The number of unbranched alkanes of at least 4 members (excludes halogenated alkanes) is 1. The molecule has 0 aromatic heterocycles. The molecular formula is C23H34O6S2. The van der Waals surface area contributed by atoms with Gasteiger partial charge in [0.25, 0.3) is 20.2 Å². The van der Waals surface area contributed by atoms with Crippen LogP contribution >= 0.6 is 0 Å². The maximum Gasteiger partial charge on any atom is 0.264 e. The molecule has 2 aromatic carbocycles. The number of aryl methyl sites for hydroxylation is 6. The smallest absolute Gasteiger partial charge is 0.264 e. The molecule has 0 aliphatic rings. The van der Waals surface area contributed by atoms with Crippen LogP contribution in [-0.2, 0) is 33.1 Å². The molecule has 2 rings (SSSR count). The van der Waals surface area contributed by atoms with Crippen molar-refractivity contribution < 1.29 is 25.9 Å². The van der Waals surface area contributed by atoms with Crippen molar-refractivity contribution in [2.45, 2.75) is 59.8 Å². The Labute approximate surface area is 187 Å². The predicted molar refractivity (Wildman–Crippen MR) is 126 cm³/mol. The van der Waals surface area contributed by atoms with Crippen LogP contribution < -0.4 is 0 Å². The Morgan fingerprint density at radius 1 is 0.613 bits per heavy atom. The van der Waals surface area contributed by atoms with Gasteiger partial charge in [-0.3, -0.25) is 9.11 Å². The van der Waals surface area contributed by atoms with Gasteiger partial charge in [0, 0.05) is 0 Å². The first kappa shape index (κ1) is 27.3. The fourth-order valence-corrected chi connectivity index (χ4v) is 4.26. The standard InChI is InChI=1S/C12H18O3S.C11H16O3S/c1-10-6-7-11(2)12(9-10)5-3-4-8-16(13,14)15;1-9-5-6-10(2)11(8-9)4-3-7-15(12,13)14/h6-7,9H,3-5,8H2,1-2H3,(H,13,14,15);5-6,8H,3-4,7H2,1-2H3,(H,12,13,14). The lowest BCUT2D eigenvalue weighted by Gasteiger charge is -2.06. The van der Waals surface area contributed by atoms with E-state index in [0.717, 1.165) is 24.0 Å². The monoisotopic (exact) mass is 470 g/mol. The van der Waals surface area contributed by atoms with Crippen molar-refractivity contribution in [2.24, 2.45) is 0 Å². The van der Waals surface area contributed by atoms with Gasteiger partial charge >= 0.3 is 0 Å². The second kappa shape index (κ2) is 12.3. The molecule has 2 aromatic rings. The van der Waals surface area contributed by atoms with Crippen LogP contribution in [0.25, 0.3) is 0 Å². The van der Waals surface area contributed by atoms with Crippen molar-refractivity contribution in [3.8, 4) is 0 Å². The Morgan fingerprint density at radius 3 is 1.42 bits per heavy atom. The summed E-state index contributed by atoms with van der Waals surface area (Å²) in [5.41, 5.74) is 7.19. The van der Waals surface area contributed by atoms with E-state index in [-0.39, 0.29) is 11.5 Å². The number of benzene rings is 2. The van der Waals surface area contributed by atoms with E-state index in [4.69, 9.17) is 9.11 Å². The summed E-state index contributed by atoms with van der Waals surface area (Å²) in [5, 5.41) is 0. The molecule has 2 N–H and O–H groups in total. The molecule has 174 valence electrons. The second-order valence-corrected chi connectivity index (χ2v) is 11.1. The summed E-state index contributed by atoms with van der Waals surface area (Å²) < 4.78 is 59.3. The average Bonchev–Trinajstić information content (AvgIpc) is 2.63. The normalized spacial score (nSPS) is 11.7. The van der Waals surface area contributed by atoms with Crippen molar-refractivity contribution in [1.29, 1.82) is 0 Å². The van der Waals surface area contributed by atoms with Gasteiger partial charge < -0.3 is 0 Å². The average molecular weight is 471 g/mol. The Bertz CT molecular complexity index is 1060. The molecule has 0 spiro atoms. The molecule has 0 saturated heterocycles. The topological polar surface area (TPSA) is 109 Å². The molecule has 31 heavy (non-hydrogen) atoms. The Kier molecular flexibility index (Phi) is 10.9. The first-order chi connectivity index (χ1) is 14.3. The molecule has 0 atom stereocenters. The van der Waals surface area contributed by atoms with Crippen molar-refractivity contribution in [2.75, 3.05) is 11.5 Å². The fraction of sp³-hybridized carbons (Fsp3) is 0.478. The van der Waals surface area contributed by atoms with E-state index in [9.17, 15) is 16.8 Å². The van der Waals surface area contributed by atoms with Gasteiger partial charge in [0.1, 0.15) is 0 Å². The van der Waals surface area contributed by atoms with Crippen LogP contribution in [0.2, 0.25) is 0 Å². The zero-order chi connectivity index (χ0) is 23.7. The summed E-state index contributed by atoms with van der Waals surface area (Å²) in [6, 6.07) is 12.4. The number of rotatable bonds is 9. The molecule has 8 heteroatoms. The second-order valence-electron chi connectivity index (χ2n) is 7.99. The van der Waals surface area contributed by atoms with Gasteiger partial charge in [-0.1, -0.05) is 47.5 Å². The molecule has 0 bridgehead atoms. The van der Waals surface area contributed by atoms with Crippen molar-refractivity contribution in [3.63, 3.8) is 0 Å². The van der Waals surface area contributed by atoms with Crippen molar-refractivity contribution in [3.05, 3.63) is 69.8 Å². The van der Waals surface area contributed by atoms with E-state index < -0.39 is 20.2 Å². The molecule has 0 amide bonds. The van der Waals surface area contributed by atoms with E-state index >= 15 is 0 Å². The third-order valence-corrected chi connectivity index (χ3v) is 6.57. The summed E-state index contributed by atoms with van der Waals surface area (Å²) >= 11 is 0. The van der Waals surface area contributed by atoms with Crippen LogP contribution in [0.3, 0.4) is 0 Å². The van der Waals surface area contributed by atoms with Gasteiger partial charge in [0.15, 0.2) is 0 Å². The Morgan fingerprint density at radius 2 is 1.00 bits per heavy atom. The highest BCUT2D eigenvalue weighted by Gasteiger charge is 2.06. The SMILES string of the molecule is Cc1ccc(C)c(CCCCS(=O)(=O)O)c1.Cc1ccc(C)c(CCCS(=O)(=O)O)c1. The largest absolute Gasteiger partial charge is 0.286 e. The van der Waals surface area contributed by atoms with E-state index in [1.807, 2.05) is 32.9 Å². The third kappa shape index (κ3) is 12.6. The van der Waals surface area contributed by atoms with Crippen LogP contribution in [0, 0.1) is 27.7 Å². The minimum Gasteiger partial charge on any atom is -0.286 e. The van der Waals surface area contributed by atoms with Crippen LogP contribution in [0.5, 0.6) is 0 Å². The first-order valence-electron chi connectivity index (χ1n) is 10.3. The minimum absolute atomic E-state index is 0.141. The lowest BCUT2D eigenvalue weighted by Crippen LogP contribution is -2.05. The molecular weight excluding hydrogens is 436 g/mol. The molecule has 0 aliphatic heterocycles. The van der Waals surface area contributed by atoms with Gasteiger partial charge in [-0.2, -0.15) is 16.8 Å². The fourth-order valence-electron chi connectivity index (χ4n) is 3.18. The summed E-state index contributed by atoms with van der Waals surface area (Å²) in [7, 11) is -7.61. The van der Waals surface area contributed by atoms with E-state index in [0.29, 0.717) is 19.3 Å². The van der Waals surface area contributed by atoms with Crippen molar-refractivity contribution >= 4 is 20.2 Å². The zero-order valence-electron chi connectivity index (χ0n) is 18.8. The highest BCUT2D eigenvalue weighted by molar-refractivity contribution is 7.86.